The summed E-state index contributed by atoms with van der Waals surface area (Å²) in [6.07, 6.45) is 1.59. The molecule has 0 spiro atoms. The molecule has 0 saturated heterocycles. The van der Waals surface area contributed by atoms with Gasteiger partial charge in [0.2, 0.25) is 0 Å². The molecule has 0 radical (unpaired) electrons. The lowest BCUT2D eigenvalue weighted by Crippen LogP contribution is -2.24. The number of hydrogen-bond donors (Lipinski definition) is 0. The summed E-state index contributed by atoms with van der Waals surface area (Å²) in [6, 6.07) is 12.4. The van der Waals surface area contributed by atoms with Gasteiger partial charge in [0, 0.05) is 12.3 Å². The summed E-state index contributed by atoms with van der Waals surface area (Å²) in [5.74, 6) is 0.797. The van der Waals surface area contributed by atoms with Gasteiger partial charge in [0.05, 0.1) is 7.11 Å². The van der Waals surface area contributed by atoms with E-state index in [0.29, 0.717) is 6.61 Å². The second-order valence-corrected chi connectivity index (χ2v) is 3.49. The zero-order valence-electron chi connectivity index (χ0n) is 9.50. The van der Waals surface area contributed by atoms with Gasteiger partial charge in [-0.2, -0.15) is 4.73 Å². The van der Waals surface area contributed by atoms with Crippen molar-refractivity contribution < 1.29 is 9.57 Å². The topological polar surface area (TPSA) is 40.5 Å². The fourth-order valence-corrected chi connectivity index (χ4v) is 1.39. The maximum absolute atomic E-state index is 11.4. The molecule has 4 nitrogen and oxygen atoms in total. The Hall–Kier alpha value is -2.23. The molecule has 1 aromatic heterocycles. The van der Waals surface area contributed by atoms with Gasteiger partial charge in [0.1, 0.15) is 12.4 Å². The lowest BCUT2D eigenvalue weighted by Gasteiger charge is -2.08. The minimum absolute atomic E-state index is 0.180. The van der Waals surface area contributed by atoms with Crippen molar-refractivity contribution >= 4 is 0 Å². The molecule has 0 atom stereocenters. The van der Waals surface area contributed by atoms with E-state index in [9.17, 15) is 4.79 Å². The SMILES string of the molecule is COc1ccc(COn2ccccc2=O)cc1. The summed E-state index contributed by atoms with van der Waals surface area (Å²) < 4.78 is 6.27. The Morgan fingerprint density at radius 2 is 1.88 bits per heavy atom. The molecule has 0 aliphatic heterocycles. The first-order chi connectivity index (χ1) is 8.29. The predicted octanol–water partition coefficient (Wildman–Crippen LogP) is 1.49. The number of benzene rings is 1. The van der Waals surface area contributed by atoms with E-state index in [1.165, 1.54) is 10.8 Å². The van der Waals surface area contributed by atoms with Gasteiger partial charge in [-0.3, -0.25) is 4.79 Å². The fraction of sp³-hybridized carbons (Fsp3) is 0.154. The van der Waals surface area contributed by atoms with Crippen LogP contribution in [-0.4, -0.2) is 11.8 Å². The van der Waals surface area contributed by atoms with Crippen LogP contribution in [0.2, 0.25) is 0 Å². The van der Waals surface area contributed by atoms with Crippen LogP contribution in [0.25, 0.3) is 0 Å². The van der Waals surface area contributed by atoms with Crippen molar-refractivity contribution in [2.45, 2.75) is 6.61 Å². The minimum atomic E-state index is -0.180. The van der Waals surface area contributed by atoms with E-state index in [2.05, 4.69) is 0 Å². The quantitative estimate of drug-likeness (QED) is 0.800. The van der Waals surface area contributed by atoms with E-state index >= 15 is 0 Å². The van der Waals surface area contributed by atoms with Gasteiger partial charge in [-0.15, -0.1) is 0 Å². The zero-order valence-corrected chi connectivity index (χ0v) is 9.50. The molecule has 0 bridgehead atoms. The van der Waals surface area contributed by atoms with E-state index in [-0.39, 0.29) is 5.56 Å². The van der Waals surface area contributed by atoms with Gasteiger partial charge in [0.25, 0.3) is 5.56 Å². The normalized spacial score (nSPS) is 9.94. The smallest absolute Gasteiger partial charge is 0.282 e. The first-order valence-corrected chi connectivity index (χ1v) is 5.23. The third kappa shape index (κ3) is 2.87. The van der Waals surface area contributed by atoms with Gasteiger partial charge in [-0.05, 0) is 23.8 Å². The van der Waals surface area contributed by atoms with Crippen molar-refractivity contribution in [1.29, 1.82) is 0 Å². The summed E-state index contributed by atoms with van der Waals surface area (Å²) in [4.78, 5) is 16.7. The fourth-order valence-electron chi connectivity index (χ4n) is 1.39. The largest absolute Gasteiger partial charge is 0.497 e. The van der Waals surface area contributed by atoms with E-state index in [1.807, 2.05) is 24.3 Å². The number of pyridine rings is 1. The molecule has 1 aromatic carbocycles. The highest BCUT2D eigenvalue weighted by molar-refractivity contribution is 5.26. The second-order valence-electron chi connectivity index (χ2n) is 3.49. The van der Waals surface area contributed by atoms with Crippen LogP contribution in [0.3, 0.4) is 0 Å². The zero-order chi connectivity index (χ0) is 12.1. The molecule has 0 saturated carbocycles. The summed E-state index contributed by atoms with van der Waals surface area (Å²) in [6.45, 7) is 0.341. The maximum atomic E-state index is 11.4. The van der Waals surface area contributed by atoms with Crippen molar-refractivity contribution in [3.8, 4) is 5.75 Å². The molecule has 0 aliphatic rings. The first-order valence-electron chi connectivity index (χ1n) is 5.23. The van der Waals surface area contributed by atoms with Crippen LogP contribution >= 0.6 is 0 Å². The van der Waals surface area contributed by atoms with Gasteiger partial charge in [-0.1, -0.05) is 18.2 Å². The number of ether oxygens (including phenoxy) is 1. The van der Waals surface area contributed by atoms with Crippen molar-refractivity contribution in [2.24, 2.45) is 0 Å². The molecule has 0 N–H and O–H groups in total. The Balaban J connectivity index is 2.02. The van der Waals surface area contributed by atoms with Crippen LogP contribution in [0, 0.1) is 0 Å². The van der Waals surface area contributed by atoms with E-state index in [0.717, 1.165) is 11.3 Å². The molecule has 0 aliphatic carbocycles. The molecular formula is C13H13NO3. The van der Waals surface area contributed by atoms with Crippen molar-refractivity contribution in [1.82, 2.24) is 4.73 Å². The Kier molecular flexibility index (Phi) is 3.45. The third-order valence-corrected chi connectivity index (χ3v) is 2.32. The van der Waals surface area contributed by atoms with Crippen LogP contribution in [0.1, 0.15) is 5.56 Å². The van der Waals surface area contributed by atoms with Crippen LogP contribution < -0.4 is 15.1 Å². The molecular weight excluding hydrogens is 218 g/mol. The third-order valence-electron chi connectivity index (χ3n) is 2.32. The lowest BCUT2D eigenvalue weighted by atomic mass is 10.2. The van der Waals surface area contributed by atoms with Crippen molar-refractivity contribution in [3.05, 3.63) is 64.6 Å². The second kappa shape index (κ2) is 5.21. The summed E-state index contributed by atoms with van der Waals surface area (Å²) >= 11 is 0. The van der Waals surface area contributed by atoms with Crippen molar-refractivity contribution in [3.63, 3.8) is 0 Å². The lowest BCUT2D eigenvalue weighted by molar-refractivity contribution is 0.0891. The Morgan fingerprint density at radius 1 is 1.12 bits per heavy atom. The minimum Gasteiger partial charge on any atom is -0.497 e. The first kappa shape index (κ1) is 11.3. The van der Waals surface area contributed by atoms with E-state index in [1.54, 1.807) is 25.4 Å². The van der Waals surface area contributed by atoms with Crippen LogP contribution in [0.15, 0.2) is 53.5 Å². The summed E-state index contributed by atoms with van der Waals surface area (Å²) in [7, 11) is 1.62. The van der Waals surface area contributed by atoms with Crippen molar-refractivity contribution in [2.75, 3.05) is 7.11 Å². The highest BCUT2D eigenvalue weighted by Gasteiger charge is 1.97. The molecule has 4 heteroatoms. The molecule has 1 heterocycles. The standard InChI is InChI=1S/C13H13NO3/c1-16-12-7-5-11(6-8-12)10-17-14-9-3-2-4-13(14)15/h2-9H,10H2,1H3. The van der Waals surface area contributed by atoms with Crippen LogP contribution in [-0.2, 0) is 6.61 Å². The maximum Gasteiger partial charge on any atom is 0.282 e. The monoisotopic (exact) mass is 231 g/mol. The molecule has 2 aromatic rings. The molecule has 0 unspecified atom stereocenters. The Bertz CT molecular complexity index is 531. The molecule has 2 rings (SSSR count). The average Bonchev–Trinajstić information content (AvgIpc) is 2.38. The van der Waals surface area contributed by atoms with Crippen LogP contribution in [0.5, 0.6) is 5.75 Å². The van der Waals surface area contributed by atoms with Crippen LogP contribution in [0.4, 0.5) is 0 Å². The highest BCUT2D eigenvalue weighted by atomic mass is 16.7. The Morgan fingerprint density at radius 3 is 2.53 bits per heavy atom. The predicted molar refractivity (Wildman–Crippen MR) is 64.0 cm³/mol. The summed E-state index contributed by atoms with van der Waals surface area (Å²) in [5.41, 5.74) is 0.794. The van der Waals surface area contributed by atoms with E-state index < -0.39 is 0 Å². The number of rotatable bonds is 4. The van der Waals surface area contributed by atoms with Gasteiger partial charge in [0.15, 0.2) is 0 Å². The van der Waals surface area contributed by atoms with E-state index in [4.69, 9.17) is 9.57 Å². The molecule has 17 heavy (non-hydrogen) atoms. The summed E-state index contributed by atoms with van der Waals surface area (Å²) in [5, 5.41) is 0. The van der Waals surface area contributed by atoms with Gasteiger partial charge >= 0.3 is 0 Å². The number of aromatic nitrogens is 1. The Labute approximate surface area is 99.0 Å². The molecule has 88 valence electrons. The van der Waals surface area contributed by atoms with Gasteiger partial charge in [-0.25, -0.2) is 0 Å². The number of methoxy groups -OCH3 is 1. The number of hydrogen-bond acceptors (Lipinski definition) is 3. The average molecular weight is 231 g/mol. The molecule has 0 fully saturated rings. The molecule has 0 amide bonds. The number of nitrogens with zero attached hydrogens (tertiary/aromatic N) is 1. The van der Waals surface area contributed by atoms with Gasteiger partial charge < -0.3 is 9.57 Å². The highest BCUT2D eigenvalue weighted by Crippen LogP contribution is 2.11.